The first-order valence-electron chi connectivity index (χ1n) is 5.06. The Balaban J connectivity index is 2.05. The molecule has 0 unspecified atom stereocenters. The smallest absolute Gasteiger partial charge is 0.280 e. The van der Waals surface area contributed by atoms with Crippen molar-refractivity contribution in [2.45, 2.75) is 0 Å². The summed E-state index contributed by atoms with van der Waals surface area (Å²) in [6.07, 6.45) is 3.32. The van der Waals surface area contributed by atoms with Crippen LogP contribution >= 0.6 is 11.3 Å². The Labute approximate surface area is 102 Å². The van der Waals surface area contributed by atoms with E-state index in [2.05, 4.69) is 9.97 Å². The Hall–Kier alpha value is -2.14. The average Bonchev–Trinajstić information content (AvgIpc) is 2.75. The van der Waals surface area contributed by atoms with Crippen LogP contribution in [-0.4, -0.2) is 9.97 Å². The number of anilines is 1. The van der Waals surface area contributed by atoms with Crippen molar-refractivity contribution < 1.29 is 4.74 Å². The summed E-state index contributed by atoms with van der Waals surface area (Å²) >= 11 is 1.31. The van der Waals surface area contributed by atoms with E-state index in [1.165, 1.54) is 11.3 Å². The zero-order valence-corrected chi connectivity index (χ0v) is 9.65. The molecule has 5 heteroatoms. The molecule has 0 aliphatic heterocycles. The molecule has 0 bridgehead atoms. The Kier molecular flexibility index (Phi) is 2.38. The molecule has 0 spiro atoms. The summed E-state index contributed by atoms with van der Waals surface area (Å²) in [6, 6.07) is 9.67. The molecule has 0 amide bonds. The van der Waals surface area contributed by atoms with E-state index in [1.54, 1.807) is 12.4 Å². The third kappa shape index (κ3) is 1.92. The van der Waals surface area contributed by atoms with E-state index in [0.29, 0.717) is 15.9 Å². The van der Waals surface area contributed by atoms with E-state index >= 15 is 0 Å². The first-order valence-corrected chi connectivity index (χ1v) is 5.87. The third-order valence-electron chi connectivity index (χ3n) is 2.30. The van der Waals surface area contributed by atoms with E-state index in [9.17, 15) is 0 Å². The highest BCUT2D eigenvalue weighted by Gasteiger charge is 2.06. The predicted octanol–water partition coefficient (Wildman–Crippen LogP) is 3.07. The average molecular weight is 243 g/mol. The van der Waals surface area contributed by atoms with Crippen molar-refractivity contribution in [1.82, 2.24) is 9.97 Å². The molecule has 3 aromatic rings. The maximum atomic E-state index is 5.68. The van der Waals surface area contributed by atoms with Crippen LogP contribution in [0.25, 0.3) is 10.9 Å². The number of nitrogens with two attached hydrogens (primary N) is 1. The molecule has 17 heavy (non-hydrogen) atoms. The van der Waals surface area contributed by atoms with Gasteiger partial charge in [-0.1, -0.05) is 29.5 Å². The quantitative estimate of drug-likeness (QED) is 0.751. The monoisotopic (exact) mass is 243 g/mol. The van der Waals surface area contributed by atoms with Crippen molar-refractivity contribution >= 4 is 27.2 Å². The first-order chi connectivity index (χ1) is 8.33. The number of pyridine rings is 1. The molecular formula is C12H9N3OS. The van der Waals surface area contributed by atoms with Crippen molar-refractivity contribution in [1.29, 1.82) is 0 Å². The summed E-state index contributed by atoms with van der Waals surface area (Å²) in [5, 5.41) is 2.20. The van der Waals surface area contributed by atoms with Gasteiger partial charge in [-0.05, 0) is 12.1 Å². The second-order valence-corrected chi connectivity index (χ2v) is 4.49. The molecule has 0 atom stereocenters. The largest absolute Gasteiger partial charge is 0.429 e. The van der Waals surface area contributed by atoms with Gasteiger partial charge in [-0.2, -0.15) is 0 Å². The summed E-state index contributed by atoms with van der Waals surface area (Å²) < 4.78 is 5.68. The number of thiazole rings is 1. The Morgan fingerprint density at radius 1 is 1.12 bits per heavy atom. The van der Waals surface area contributed by atoms with Crippen LogP contribution in [0.2, 0.25) is 0 Å². The van der Waals surface area contributed by atoms with E-state index in [0.717, 1.165) is 10.9 Å². The number of ether oxygens (including phenoxy) is 1. The lowest BCUT2D eigenvalue weighted by Crippen LogP contribution is -1.86. The van der Waals surface area contributed by atoms with Gasteiger partial charge in [-0.15, -0.1) is 0 Å². The van der Waals surface area contributed by atoms with Crippen molar-refractivity contribution in [3.05, 3.63) is 42.7 Å². The highest BCUT2D eigenvalue weighted by Crippen LogP contribution is 2.31. The minimum Gasteiger partial charge on any atom is -0.429 e. The van der Waals surface area contributed by atoms with Gasteiger partial charge in [-0.3, -0.25) is 4.98 Å². The van der Waals surface area contributed by atoms with Crippen molar-refractivity contribution in [3.63, 3.8) is 0 Å². The Bertz CT molecular complexity index is 660. The molecular weight excluding hydrogens is 234 g/mol. The van der Waals surface area contributed by atoms with Crippen molar-refractivity contribution in [2.75, 3.05) is 5.73 Å². The van der Waals surface area contributed by atoms with Gasteiger partial charge in [0.15, 0.2) is 5.75 Å². The van der Waals surface area contributed by atoms with Crippen LogP contribution in [0, 0.1) is 0 Å². The Morgan fingerprint density at radius 2 is 2.00 bits per heavy atom. The van der Waals surface area contributed by atoms with Crippen LogP contribution in [0.15, 0.2) is 42.7 Å². The van der Waals surface area contributed by atoms with Gasteiger partial charge in [0, 0.05) is 11.6 Å². The van der Waals surface area contributed by atoms with E-state index < -0.39 is 0 Å². The molecule has 2 heterocycles. The van der Waals surface area contributed by atoms with Gasteiger partial charge >= 0.3 is 0 Å². The molecule has 0 saturated heterocycles. The number of hydrogen-bond donors (Lipinski definition) is 1. The van der Waals surface area contributed by atoms with Gasteiger partial charge < -0.3 is 10.5 Å². The molecule has 84 valence electrons. The molecule has 1 aromatic carbocycles. The summed E-state index contributed by atoms with van der Waals surface area (Å²) in [4.78, 5) is 8.37. The summed E-state index contributed by atoms with van der Waals surface area (Å²) in [5.74, 6) is 0.692. The number of rotatable bonds is 2. The molecule has 2 aromatic heterocycles. The highest BCUT2D eigenvalue weighted by atomic mass is 32.1. The van der Waals surface area contributed by atoms with E-state index in [1.807, 2.05) is 30.3 Å². The molecule has 0 radical (unpaired) electrons. The van der Waals surface area contributed by atoms with E-state index in [4.69, 9.17) is 10.5 Å². The van der Waals surface area contributed by atoms with Crippen LogP contribution in [0.4, 0.5) is 5.00 Å². The van der Waals surface area contributed by atoms with Gasteiger partial charge in [0.1, 0.15) is 10.5 Å². The number of benzene rings is 1. The maximum Gasteiger partial charge on any atom is 0.280 e. The fraction of sp³-hybridized carbons (Fsp3) is 0. The number of hydrogen-bond acceptors (Lipinski definition) is 5. The van der Waals surface area contributed by atoms with Crippen molar-refractivity contribution in [2.24, 2.45) is 0 Å². The fourth-order valence-corrected chi connectivity index (χ4v) is 2.11. The van der Waals surface area contributed by atoms with Crippen LogP contribution in [0.1, 0.15) is 0 Å². The molecule has 0 aliphatic carbocycles. The second-order valence-electron chi connectivity index (χ2n) is 3.46. The predicted molar refractivity (Wildman–Crippen MR) is 68.3 cm³/mol. The number of nitrogens with zero attached hydrogens (tertiary/aromatic N) is 2. The van der Waals surface area contributed by atoms with Crippen LogP contribution in [0.3, 0.4) is 0 Å². The fourth-order valence-electron chi connectivity index (χ4n) is 1.57. The van der Waals surface area contributed by atoms with Crippen LogP contribution in [0.5, 0.6) is 10.9 Å². The van der Waals surface area contributed by atoms with Crippen LogP contribution in [-0.2, 0) is 0 Å². The zero-order chi connectivity index (χ0) is 11.7. The van der Waals surface area contributed by atoms with Gasteiger partial charge in [0.2, 0.25) is 0 Å². The summed E-state index contributed by atoms with van der Waals surface area (Å²) in [5.41, 5.74) is 6.43. The lowest BCUT2D eigenvalue weighted by Gasteiger charge is -2.04. The van der Waals surface area contributed by atoms with E-state index in [-0.39, 0.29) is 0 Å². The topological polar surface area (TPSA) is 61.0 Å². The molecule has 2 N–H and O–H groups in total. The third-order valence-corrected chi connectivity index (χ3v) is 3.00. The van der Waals surface area contributed by atoms with Crippen LogP contribution < -0.4 is 10.5 Å². The summed E-state index contributed by atoms with van der Waals surface area (Å²) in [7, 11) is 0. The Morgan fingerprint density at radius 3 is 2.82 bits per heavy atom. The van der Waals surface area contributed by atoms with Gasteiger partial charge in [0.05, 0.1) is 6.20 Å². The molecule has 0 aliphatic rings. The molecule has 0 fully saturated rings. The first kappa shape index (κ1) is 10.0. The highest BCUT2D eigenvalue weighted by molar-refractivity contribution is 7.17. The molecule has 3 rings (SSSR count). The molecule has 0 saturated carbocycles. The zero-order valence-electron chi connectivity index (χ0n) is 8.83. The normalized spacial score (nSPS) is 10.6. The van der Waals surface area contributed by atoms with Crippen molar-refractivity contribution in [3.8, 4) is 10.9 Å². The molecule has 4 nitrogen and oxygen atoms in total. The second kappa shape index (κ2) is 4.03. The summed E-state index contributed by atoms with van der Waals surface area (Å²) in [6.45, 7) is 0. The number of nitrogen functional groups attached to an aromatic ring is 1. The minimum absolute atomic E-state index is 0.528. The SMILES string of the molecule is Nc1cnc(Oc2cccc3cccnc23)s1. The number of para-hydroxylation sites is 1. The minimum atomic E-state index is 0.528. The number of fused-ring (bicyclic) bond motifs is 1. The maximum absolute atomic E-state index is 5.68. The van der Waals surface area contributed by atoms with Gasteiger partial charge in [-0.25, -0.2) is 4.98 Å². The lowest BCUT2D eigenvalue weighted by molar-refractivity contribution is 0.483. The lowest BCUT2D eigenvalue weighted by atomic mass is 10.2. The standard InChI is InChI=1S/C12H9N3OS/c13-10-7-15-12(17-10)16-9-5-1-3-8-4-2-6-14-11(8)9/h1-7H,13H2. The number of aromatic nitrogens is 2. The van der Waals surface area contributed by atoms with Gasteiger partial charge in [0.25, 0.3) is 5.19 Å².